The van der Waals surface area contributed by atoms with Crippen LogP contribution in [0.25, 0.3) is 6.08 Å². The summed E-state index contributed by atoms with van der Waals surface area (Å²) in [4.78, 5) is 21.5. The molecule has 1 aliphatic rings. The van der Waals surface area contributed by atoms with Gasteiger partial charge >= 0.3 is 5.97 Å². The van der Waals surface area contributed by atoms with Crippen LogP contribution in [0.2, 0.25) is 0 Å². The lowest BCUT2D eigenvalue weighted by molar-refractivity contribution is -0.145. The summed E-state index contributed by atoms with van der Waals surface area (Å²) in [7, 11) is 0. The van der Waals surface area contributed by atoms with E-state index in [1.165, 1.54) is 4.90 Å². The van der Waals surface area contributed by atoms with Crippen molar-refractivity contribution < 1.29 is 19.1 Å². The molecular weight excluding hydrogens is 424 g/mol. The molecule has 1 N–H and O–H groups in total. The SMILES string of the molecule is C=Cc1ccc(OC(=O)CONC(c2ccc(SC)cc2)C(C)(C)N2CCOCC2)cc1. The number of benzene rings is 2. The molecule has 0 amide bonds. The van der Waals surface area contributed by atoms with Gasteiger partial charge in [-0.05, 0) is 55.5 Å². The highest BCUT2D eigenvalue weighted by atomic mass is 32.2. The van der Waals surface area contributed by atoms with Crippen molar-refractivity contribution in [1.29, 1.82) is 0 Å². The molecule has 1 atom stereocenters. The predicted octanol–water partition coefficient (Wildman–Crippen LogP) is 4.33. The molecule has 0 aromatic heterocycles. The third kappa shape index (κ3) is 6.43. The van der Waals surface area contributed by atoms with E-state index in [-0.39, 0.29) is 18.2 Å². The molecule has 2 aromatic rings. The van der Waals surface area contributed by atoms with Crippen LogP contribution >= 0.6 is 11.8 Å². The smallest absolute Gasteiger partial charge is 0.339 e. The summed E-state index contributed by atoms with van der Waals surface area (Å²) < 4.78 is 10.9. The first kappa shape index (κ1) is 24.5. The van der Waals surface area contributed by atoms with E-state index in [2.05, 4.69) is 61.3 Å². The van der Waals surface area contributed by atoms with E-state index in [0.717, 1.165) is 24.2 Å². The van der Waals surface area contributed by atoms with Gasteiger partial charge < -0.3 is 9.47 Å². The first-order valence-electron chi connectivity index (χ1n) is 10.7. The molecule has 7 heteroatoms. The molecule has 0 saturated carbocycles. The molecule has 1 saturated heterocycles. The average molecular weight is 457 g/mol. The average Bonchev–Trinajstić information content (AvgIpc) is 2.83. The summed E-state index contributed by atoms with van der Waals surface area (Å²) in [6, 6.07) is 15.4. The zero-order valence-corrected chi connectivity index (χ0v) is 19.8. The van der Waals surface area contributed by atoms with Crippen LogP contribution < -0.4 is 10.2 Å². The number of carbonyl (C=O) groups excluding carboxylic acids is 1. The molecule has 1 unspecified atom stereocenters. The van der Waals surface area contributed by atoms with E-state index in [4.69, 9.17) is 14.3 Å². The van der Waals surface area contributed by atoms with Crippen LogP contribution in [0.15, 0.2) is 60.0 Å². The van der Waals surface area contributed by atoms with Crippen LogP contribution in [0.5, 0.6) is 5.75 Å². The molecule has 6 nitrogen and oxygen atoms in total. The number of morpholine rings is 1. The Morgan fingerprint density at radius 3 is 2.44 bits per heavy atom. The Kier molecular flexibility index (Phi) is 8.90. The Morgan fingerprint density at radius 2 is 1.84 bits per heavy atom. The van der Waals surface area contributed by atoms with Crippen LogP contribution in [0.4, 0.5) is 0 Å². The maximum Gasteiger partial charge on any atom is 0.339 e. The van der Waals surface area contributed by atoms with E-state index < -0.39 is 5.97 Å². The summed E-state index contributed by atoms with van der Waals surface area (Å²) in [5, 5.41) is 0. The number of nitrogens with zero attached hydrogens (tertiary/aromatic N) is 1. The Balaban J connectivity index is 1.66. The van der Waals surface area contributed by atoms with Gasteiger partial charge in [-0.25, -0.2) is 4.79 Å². The minimum atomic E-state index is -0.468. The summed E-state index contributed by atoms with van der Waals surface area (Å²) in [6.45, 7) is 11.0. The van der Waals surface area contributed by atoms with Crippen LogP contribution in [-0.2, 0) is 14.4 Å². The highest BCUT2D eigenvalue weighted by molar-refractivity contribution is 7.98. The lowest BCUT2D eigenvalue weighted by Crippen LogP contribution is -2.56. The number of ether oxygens (including phenoxy) is 2. The van der Waals surface area contributed by atoms with E-state index >= 15 is 0 Å². The van der Waals surface area contributed by atoms with Crippen LogP contribution in [0, 0.1) is 0 Å². The fraction of sp³-hybridized carbons (Fsp3) is 0.400. The van der Waals surface area contributed by atoms with Crippen molar-refractivity contribution in [2.45, 2.75) is 30.3 Å². The molecule has 2 aromatic carbocycles. The molecule has 0 spiro atoms. The molecule has 0 aliphatic carbocycles. The standard InChI is InChI=1S/C25H32N2O4S/c1-5-19-6-10-21(11-7-19)31-23(28)18-30-26-24(20-8-12-22(32-4)13-9-20)25(2,3)27-14-16-29-17-15-27/h5-13,24,26H,1,14-18H2,2-4H3. The molecule has 1 heterocycles. The van der Waals surface area contributed by atoms with Gasteiger partial charge in [0.05, 0.1) is 19.3 Å². The van der Waals surface area contributed by atoms with Crippen molar-refractivity contribution in [3.63, 3.8) is 0 Å². The number of thioether (sulfide) groups is 1. The minimum absolute atomic E-state index is 0.156. The zero-order valence-electron chi connectivity index (χ0n) is 19.0. The molecule has 0 radical (unpaired) electrons. The number of carbonyl (C=O) groups is 1. The molecule has 3 rings (SSSR count). The van der Waals surface area contributed by atoms with Gasteiger partial charge in [0, 0.05) is 23.5 Å². The number of rotatable bonds is 10. The van der Waals surface area contributed by atoms with Crippen molar-refractivity contribution in [3.8, 4) is 5.75 Å². The Morgan fingerprint density at radius 1 is 1.19 bits per heavy atom. The van der Waals surface area contributed by atoms with E-state index in [1.54, 1.807) is 30.0 Å². The number of hydrogen-bond donors (Lipinski definition) is 1. The maximum absolute atomic E-state index is 12.3. The summed E-state index contributed by atoms with van der Waals surface area (Å²) >= 11 is 1.70. The Bertz CT molecular complexity index is 878. The first-order chi connectivity index (χ1) is 15.4. The maximum atomic E-state index is 12.3. The van der Waals surface area contributed by atoms with E-state index in [0.29, 0.717) is 19.0 Å². The lowest BCUT2D eigenvalue weighted by atomic mass is 9.87. The molecular formula is C25H32N2O4S. The van der Waals surface area contributed by atoms with Crippen molar-refractivity contribution in [2.75, 3.05) is 39.2 Å². The summed E-state index contributed by atoms with van der Waals surface area (Å²) in [6.07, 6.45) is 3.79. The highest BCUT2D eigenvalue weighted by Crippen LogP contribution is 2.32. The number of hydrogen-bond acceptors (Lipinski definition) is 7. The van der Waals surface area contributed by atoms with Gasteiger partial charge in [0.2, 0.25) is 0 Å². The van der Waals surface area contributed by atoms with Crippen LogP contribution in [0.3, 0.4) is 0 Å². The fourth-order valence-corrected chi connectivity index (χ4v) is 4.16. The predicted molar refractivity (Wildman–Crippen MR) is 129 cm³/mol. The fourth-order valence-electron chi connectivity index (χ4n) is 3.76. The number of esters is 1. The van der Waals surface area contributed by atoms with Gasteiger partial charge in [-0.1, -0.05) is 36.9 Å². The third-order valence-electron chi connectivity index (χ3n) is 5.72. The molecule has 1 aliphatic heterocycles. The van der Waals surface area contributed by atoms with Crippen molar-refractivity contribution in [3.05, 3.63) is 66.2 Å². The molecule has 0 bridgehead atoms. The van der Waals surface area contributed by atoms with Crippen molar-refractivity contribution in [2.24, 2.45) is 0 Å². The summed E-state index contributed by atoms with van der Waals surface area (Å²) in [5.74, 6) is 0.00608. The van der Waals surface area contributed by atoms with Crippen molar-refractivity contribution in [1.82, 2.24) is 10.4 Å². The highest BCUT2D eigenvalue weighted by Gasteiger charge is 2.37. The van der Waals surface area contributed by atoms with Gasteiger partial charge in [0.15, 0.2) is 6.61 Å². The van der Waals surface area contributed by atoms with Gasteiger partial charge in [-0.15, -0.1) is 11.8 Å². The van der Waals surface area contributed by atoms with Gasteiger partial charge in [0.1, 0.15) is 5.75 Å². The van der Waals surface area contributed by atoms with E-state index in [1.807, 2.05) is 12.1 Å². The second-order valence-corrected chi connectivity index (χ2v) is 8.99. The molecule has 172 valence electrons. The third-order valence-corrected chi connectivity index (χ3v) is 6.46. The zero-order chi connectivity index (χ0) is 23.0. The number of hydroxylamine groups is 1. The van der Waals surface area contributed by atoms with Gasteiger partial charge in [-0.3, -0.25) is 9.74 Å². The first-order valence-corrected chi connectivity index (χ1v) is 11.9. The second kappa shape index (κ2) is 11.6. The van der Waals surface area contributed by atoms with Crippen LogP contribution in [-0.4, -0.2) is 55.6 Å². The number of nitrogens with one attached hydrogen (secondary N) is 1. The van der Waals surface area contributed by atoms with Gasteiger partial charge in [-0.2, -0.15) is 5.48 Å². The minimum Gasteiger partial charge on any atom is -0.425 e. The Hall–Kier alpha value is -2.16. The topological polar surface area (TPSA) is 60.0 Å². The van der Waals surface area contributed by atoms with Gasteiger partial charge in [0.25, 0.3) is 0 Å². The Labute approximate surface area is 194 Å². The molecule has 32 heavy (non-hydrogen) atoms. The normalized spacial score (nSPS) is 15.8. The van der Waals surface area contributed by atoms with Crippen molar-refractivity contribution >= 4 is 23.8 Å². The molecule has 1 fully saturated rings. The van der Waals surface area contributed by atoms with Crippen LogP contribution in [0.1, 0.15) is 31.0 Å². The quantitative estimate of drug-likeness (QED) is 0.247. The monoisotopic (exact) mass is 456 g/mol. The second-order valence-electron chi connectivity index (χ2n) is 8.11. The summed E-state index contributed by atoms with van der Waals surface area (Å²) in [5.41, 5.74) is 4.93. The van der Waals surface area contributed by atoms with E-state index in [9.17, 15) is 4.79 Å². The lowest BCUT2D eigenvalue weighted by Gasteiger charge is -2.45. The largest absolute Gasteiger partial charge is 0.425 e.